The molecule has 3 rings (SSSR count). The molecule has 1 fully saturated rings. The predicted molar refractivity (Wildman–Crippen MR) is 96.5 cm³/mol. The summed E-state index contributed by atoms with van der Waals surface area (Å²) in [7, 11) is -1.07. The zero-order chi connectivity index (χ0) is 18.0. The maximum absolute atomic E-state index is 12.3. The third-order valence-electron chi connectivity index (χ3n) is 4.24. The lowest BCUT2D eigenvalue weighted by Crippen LogP contribution is -2.40. The van der Waals surface area contributed by atoms with Gasteiger partial charge >= 0.3 is 0 Å². The number of carbonyl (C=O) groups excluding carboxylic acids is 1. The average molecular weight is 383 g/mol. The van der Waals surface area contributed by atoms with Gasteiger partial charge in [-0.1, -0.05) is 11.6 Å². The third kappa shape index (κ3) is 4.39. The monoisotopic (exact) mass is 382 g/mol. The molecule has 2 aromatic rings. The number of hydrogen-bond donors (Lipinski definition) is 1. The van der Waals surface area contributed by atoms with E-state index in [0.717, 1.165) is 5.69 Å². The molecule has 1 aliphatic rings. The van der Waals surface area contributed by atoms with Crippen molar-refractivity contribution < 1.29 is 13.2 Å². The Labute approximate surface area is 151 Å². The highest BCUT2D eigenvalue weighted by molar-refractivity contribution is 7.91. The van der Waals surface area contributed by atoms with Crippen LogP contribution in [0.5, 0.6) is 0 Å². The Bertz CT molecular complexity index is 863. The molecule has 0 spiro atoms. The minimum absolute atomic E-state index is 0.186. The summed E-state index contributed by atoms with van der Waals surface area (Å²) < 4.78 is 24.8. The molecule has 0 unspecified atom stereocenters. The number of hydrogen-bond acceptors (Lipinski definition) is 5. The Morgan fingerprint density at radius 2 is 1.88 bits per heavy atom. The number of rotatable bonds is 4. The number of halogens is 1. The number of benzene rings is 1. The lowest BCUT2D eigenvalue weighted by atomic mass is 10.2. The van der Waals surface area contributed by atoms with E-state index in [2.05, 4.69) is 15.2 Å². The molecule has 1 aliphatic heterocycles. The molecular weight excluding hydrogens is 364 g/mol. The quantitative estimate of drug-likeness (QED) is 0.867. The number of anilines is 1. The van der Waals surface area contributed by atoms with Crippen molar-refractivity contribution in [1.82, 2.24) is 14.5 Å². The molecule has 0 radical (unpaired) electrons. The smallest absolute Gasteiger partial charge is 0.257 e. The van der Waals surface area contributed by atoms with Crippen molar-refractivity contribution in [3.8, 4) is 0 Å². The first-order chi connectivity index (χ1) is 11.8. The van der Waals surface area contributed by atoms with E-state index in [1.54, 1.807) is 35.0 Å². The summed E-state index contributed by atoms with van der Waals surface area (Å²) >= 11 is 5.82. The number of nitrogens with zero attached hydrogens (tertiary/aromatic N) is 3. The van der Waals surface area contributed by atoms with E-state index in [-0.39, 0.29) is 17.4 Å². The summed E-state index contributed by atoms with van der Waals surface area (Å²) in [5, 5.41) is 3.34. The summed E-state index contributed by atoms with van der Waals surface area (Å²) in [6, 6.07) is 6.61. The average Bonchev–Trinajstić information content (AvgIpc) is 2.90. The molecule has 0 atom stereocenters. The zero-order valence-electron chi connectivity index (χ0n) is 13.8. The van der Waals surface area contributed by atoms with Crippen LogP contribution in [0.2, 0.25) is 5.02 Å². The molecule has 1 N–H and O–H groups in total. The normalized spacial score (nSPS) is 17.4. The van der Waals surface area contributed by atoms with Crippen LogP contribution in [0.25, 0.3) is 0 Å². The van der Waals surface area contributed by atoms with Crippen LogP contribution in [0.3, 0.4) is 0 Å². The number of aromatic nitrogens is 2. The van der Waals surface area contributed by atoms with E-state index in [1.165, 1.54) is 0 Å². The first-order valence-corrected chi connectivity index (χ1v) is 10.0. The van der Waals surface area contributed by atoms with Crippen LogP contribution in [0, 0.1) is 0 Å². The molecule has 134 valence electrons. The van der Waals surface area contributed by atoms with Gasteiger partial charge in [0.15, 0.2) is 9.84 Å². The maximum Gasteiger partial charge on any atom is 0.257 e. The van der Waals surface area contributed by atoms with Crippen LogP contribution in [-0.4, -0.2) is 53.4 Å². The Balaban J connectivity index is 1.65. The van der Waals surface area contributed by atoms with Crippen molar-refractivity contribution >= 4 is 33.3 Å². The summed E-state index contributed by atoms with van der Waals surface area (Å²) in [5.74, 6) is 0.552. The molecule has 7 nitrogen and oxygen atoms in total. The van der Waals surface area contributed by atoms with Gasteiger partial charge in [0.1, 0.15) is 0 Å². The van der Waals surface area contributed by atoms with Gasteiger partial charge in [0.25, 0.3) is 5.91 Å². The highest BCUT2D eigenvalue weighted by Crippen LogP contribution is 2.15. The number of nitrogens with one attached hydrogen (secondary N) is 1. The number of sulfone groups is 1. The summed E-state index contributed by atoms with van der Waals surface area (Å²) in [4.78, 5) is 18.6. The van der Waals surface area contributed by atoms with Crippen LogP contribution < -0.4 is 5.32 Å². The fourth-order valence-electron chi connectivity index (χ4n) is 2.62. The topological polar surface area (TPSA) is 84.3 Å². The fraction of sp³-hybridized carbons (Fsp3) is 0.375. The lowest BCUT2D eigenvalue weighted by Gasteiger charge is -2.26. The van der Waals surface area contributed by atoms with Crippen molar-refractivity contribution in [3.63, 3.8) is 0 Å². The molecule has 25 heavy (non-hydrogen) atoms. The van der Waals surface area contributed by atoms with Gasteiger partial charge in [0.2, 0.25) is 5.95 Å². The highest BCUT2D eigenvalue weighted by atomic mass is 35.5. The van der Waals surface area contributed by atoms with Crippen molar-refractivity contribution in [2.75, 3.05) is 29.9 Å². The second-order valence-electron chi connectivity index (χ2n) is 6.02. The molecule has 9 heteroatoms. The lowest BCUT2D eigenvalue weighted by molar-refractivity contribution is 0.102. The van der Waals surface area contributed by atoms with Crippen LogP contribution in [0.1, 0.15) is 16.1 Å². The van der Waals surface area contributed by atoms with Crippen LogP contribution in [0.4, 0.5) is 5.95 Å². The van der Waals surface area contributed by atoms with Crippen molar-refractivity contribution in [2.24, 2.45) is 7.05 Å². The minimum Gasteiger partial charge on any atom is -0.316 e. The molecule has 0 bridgehead atoms. The Hall–Kier alpha value is -1.90. The van der Waals surface area contributed by atoms with Gasteiger partial charge in [-0.15, -0.1) is 0 Å². The molecule has 1 aromatic heterocycles. The first kappa shape index (κ1) is 17.9. The van der Waals surface area contributed by atoms with Gasteiger partial charge < -0.3 is 4.57 Å². The van der Waals surface area contributed by atoms with Gasteiger partial charge in [0, 0.05) is 37.3 Å². The highest BCUT2D eigenvalue weighted by Gasteiger charge is 2.22. The van der Waals surface area contributed by atoms with E-state index in [1.807, 2.05) is 7.05 Å². The van der Waals surface area contributed by atoms with Crippen molar-refractivity contribution in [3.05, 3.63) is 46.7 Å². The largest absolute Gasteiger partial charge is 0.316 e. The van der Waals surface area contributed by atoms with E-state index in [9.17, 15) is 13.2 Å². The second-order valence-corrected chi connectivity index (χ2v) is 8.76. The van der Waals surface area contributed by atoms with Gasteiger partial charge in [-0.25, -0.2) is 13.4 Å². The van der Waals surface area contributed by atoms with Gasteiger partial charge in [-0.2, -0.15) is 0 Å². The Kier molecular flexibility index (Phi) is 5.12. The second kappa shape index (κ2) is 7.15. The summed E-state index contributed by atoms with van der Waals surface area (Å²) in [6.45, 7) is 1.62. The number of carbonyl (C=O) groups is 1. The maximum atomic E-state index is 12.3. The SMILES string of the molecule is Cn1c(CN2CCS(=O)(=O)CC2)cnc1NC(=O)c1ccc(Cl)cc1. The van der Waals surface area contributed by atoms with Gasteiger partial charge in [-0.3, -0.25) is 15.0 Å². The molecule has 1 saturated heterocycles. The standard InChI is InChI=1S/C16H19ClN4O3S/c1-20-14(11-21-6-8-25(23,24)9-7-21)10-18-16(20)19-15(22)12-2-4-13(17)5-3-12/h2-5,10H,6-9,11H2,1H3,(H,18,19,22). The molecular formula is C16H19ClN4O3S. The molecule has 2 heterocycles. The summed E-state index contributed by atoms with van der Waals surface area (Å²) in [6.07, 6.45) is 1.70. The van der Waals surface area contributed by atoms with E-state index < -0.39 is 9.84 Å². The summed E-state index contributed by atoms with van der Waals surface area (Å²) in [5.41, 5.74) is 1.40. The van der Waals surface area contributed by atoms with E-state index >= 15 is 0 Å². The van der Waals surface area contributed by atoms with Crippen molar-refractivity contribution in [2.45, 2.75) is 6.54 Å². The van der Waals surface area contributed by atoms with Crippen molar-refractivity contribution in [1.29, 1.82) is 0 Å². The number of amides is 1. The Morgan fingerprint density at radius 3 is 2.52 bits per heavy atom. The Morgan fingerprint density at radius 1 is 1.24 bits per heavy atom. The van der Waals surface area contributed by atoms with Gasteiger partial charge in [-0.05, 0) is 24.3 Å². The van der Waals surface area contributed by atoms with E-state index in [0.29, 0.717) is 36.2 Å². The van der Waals surface area contributed by atoms with Crippen LogP contribution >= 0.6 is 11.6 Å². The van der Waals surface area contributed by atoms with Crippen LogP contribution in [-0.2, 0) is 23.4 Å². The van der Waals surface area contributed by atoms with Crippen LogP contribution in [0.15, 0.2) is 30.5 Å². The predicted octanol–water partition coefficient (Wildman–Crippen LogP) is 1.56. The third-order valence-corrected chi connectivity index (χ3v) is 6.10. The number of imidazole rings is 1. The minimum atomic E-state index is -2.89. The van der Waals surface area contributed by atoms with Gasteiger partial charge in [0.05, 0.1) is 23.4 Å². The van der Waals surface area contributed by atoms with E-state index in [4.69, 9.17) is 11.6 Å². The molecule has 1 amide bonds. The molecule has 0 saturated carbocycles. The fourth-order valence-corrected chi connectivity index (χ4v) is 4.02. The molecule has 1 aromatic carbocycles. The molecule has 0 aliphatic carbocycles. The first-order valence-electron chi connectivity index (χ1n) is 7.84. The zero-order valence-corrected chi connectivity index (χ0v) is 15.3.